The summed E-state index contributed by atoms with van der Waals surface area (Å²) >= 11 is 0. The molecule has 0 amide bonds. The van der Waals surface area contributed by atoms with Crippen LogP contribution in [0.15, 0.2) is 24.3 Å². The normalized spacial score (nSPS) is 36.6. The maximum absolute atomic E-state index is 13.3. The van der Waals surface area contributed by atoms with Gasteiger partial charge in [0.2, 0.25) is 0 Å². The molecule has 136 valence electrons. The van der Waals surface area contributed by atoms with E-state index in [1.807, 2.05) is 0 Å². The Hall–Kier alpha value is -1.15. The van der Waals surface area contributed by atoms with Crippen LogP contribution in [0.25, 0.3) is 0 Å². The van der Waals surface area contributed by atoms with Gasteiger partial charge in [0.05, 0.1) is 6.54 Å². The van der Waals surface area contributed by atoms with Gasteiger partial charge in [-0.1, -0.05) is 29.8 Å². The Kier molecular flexibility index (Phi) is 3.92. The average molecular weight is 340 g/mol. The third-order valence-electron chi connectivity index (χ3n) is 7.10. The van der Waals surface area contributed by atoms with Crippen molar-refractivity contribution in [2.45, 2.75) is 77.2 Å². The molecule has 0 saturated heterocycles. The van der Waals surface area contributed by atoms with E-state index >= 15 is 0 Å². The van der Waals surface area contributed by atoms with Crippen LogP contribution >= 0.6 is 0 Å². The number of hydrogen-bond acceptors (Lipinski definition) is 2. The fraction of sp³-hybridized carbons (Fsp3) is 0.696. The van der Waals surface area contributed by atoms with E-state index in [1.165, 1.54) is 30.4 Å². The molecule has 0 heterocycles. The van der Waals surface area contributed by atoms with Crippen LogP contribution in [0.5, 0.6) is 0 Å². The number of benzene rings is 1. The van der Waals surface area contributed by atoms with Crippen molar-refractivity contribution in [3.63, 3.8) is 0 Å². The first-order chi connectivity index (χ1) is 11.7. The molecule has 2 unspecified atom stereocenters. The molecule has 2 heteroatoms. The second kappa shape index (κ2) is 5.67. The van der Waals surface area contributed by atoms with Crippen LogP contribution in [0, 0.1) is 24.2 Å². The molecule has 5 rings (SSSR count). The Balaban J connectivity index is 1.63. The number of aryl methyl sites for hydroxylation is 1. The molecule has 2 nitrogen and oxygen atoms in total. The third-order valence-corrected chi connectivity index (χ3v) is 7.10. The van der Waals surface area contributed by atoms with Gasteiger partial charge in [0.15, 0.2) is 5.78 Å². The van der Waals surface area contributed by atoms with Crippen LogP contribution in [0.2, 0.25) is 0 Å². The van der Waals surface area contributed by atoms with Crippen molar-refractivity contribution in [3.8, 4) is 0 Å². The predicted octanol–water partition coefficient (Wildman–Crippen LogP) is 4.79. The van der Waals surface area contributed by atoms with Crippen LogP contribution in [0.4, 0.5) is 0 Å². The second-order valence-electron chi connectivity index (χ2n) is 10.4. The number of Topliss-reactive ketones (excluding diaryl/α,β-unsaturated/α-hetero) is 1. The van der Waals surface area contributed by atoms with Gasteiger partial charge < -0.3 is 5.32 Å². The van der Waals surface area contributed by atoms with Crippen molar-refractivity contribution in [2.24, 2.45) is 17.3 Å². The van der Waals surface area contributed by atoms with Gasteiger partial charge in [0, 0.05) is 11.0 Å². The number of carbonyl (C=O) groups is 1. The van der Waals surface area contributed by atoms with E-state index in [4.69, 9.17) is 0 Å². The molecule has 0 radical (unpaired) electrons. The van der Waals surface area contributed by atoms with Crippen molar-refractivity contribution in [1.82, 2.24) is 5.32 Å². The second-order valence-corrected chi connectivity index (χ2v) is 10.4. The summed E-state index contributed by atoms with van der Waals surface area (Å²) in [5.74, 6) is 1.98. The van der Waals surface area contributed by atoms with E-state index in [2.05, 4.69) is 57.3 Å². The number of nitrogens with one attached hydrogen (secondary N) is 1. The Bertz CT molecular complexity index is 652. The molecule has 4 bridgehead atoms. The zero-order valence-electron chi connectivity index (χ0n) is 16.3. The van der Waals surface area contributed by atoms with Crippen LogP contribution in [0.1, 0.15) is 70.4 Å². The number of carbonyl (C=O) groups excluding carboxylic acids is 1. The van der Waals surface area contributed by atoms with E-state index in [9.17, 15) is 4.79 Å². The predicted molar refractivity (Wildman–Crippen MR) is 103 cm³/mol. The summed E-state index contributed by atoms with van der Waals surface area (Å²) in [7, 11) is 0. The molecule has 0 spiro atoms. The Morgan fingerprint density at radius 1 is 1.08 bits per heavy atom. The Labute approximate surface area is 152 Å². The molecule has 0 aromatic heterocycles. The van der Waals surface area contributed by atoms with Gasteiger partial charge in [-0.05, 0) is 89.0 Å². The largest absolute Gasteiger partial charge is 0.305 e. The first-order valence-corrected chi connectivity index (χ1v) is 10.1. The molecule has 4 saturated carbocycles. The fourth-order valence-electron chi connectivity index (χ4n) is 6.37. The highest BCUT2D eigenvalue weighted by molar-refractivity contribution is 5.87. The summed E-state index contributed by atoms with van der Waals surface area (Å²) in [5, 5.41) is 3.46. The highest BCUT2D eigenvalue weighted by Gasteiger charge is 2.60. The lowest BCUT2D eigenvalue weighted by Gasteiger charge is -2.62. The highest BCUT2D eigenvalue weighted by atomic mass is 16.1. The van der Waals surface area contributed by atoms with Gasteiger partial charge in [-0.15, -0.1) is 0 Å². The molecule has 25 heavy (non-hydrogen) atoms. The van der Waals surface area contributed by atoms with Crippen LogP contribution in [0.3, 0.4) is 0 Å². The SMILES string of the molecule is Cc1ccc(C23C[C@@H]4C[C@@H](CC(C(=O)CNC(C)(C)C)(C4)C2)C3)cc1. The van der Waals surface area contributed by atoms with E-state index in [1.54, 1.807) is 0 Å². The third kappa shape index (κ3) is 3.07. The molecule has 4 fully saturated rings. The van der Waals surface area contributed by atoms with Crippen molar-refractivity contribution < 1.29 is 4.79 Å². The lowest BCUT2D eigenvalue weighted by Crippen LogP contribution is -2.58. The summed E-state index contributed by atoms with van der Waals surface area (Å²) in [4.78, 5) is 13.3. The van der Waals surface area contributed by atoms with Gasteiger partial charge in [0.25, 0.3) is 0 Å². The van der Waals surface area contributed by atoms with Gasteiger partial charge in [-0.25, -0.2) is 0 Å². The number of ketones is 1. The van der Waals surface area contributed by atoms with Crippen molar-refractivity contribution in [2.75, 3.05) is 6.54 Å². The summed E-state index contributed by atoms with van der Waals surface area (Å²) in [6.45, 7) is 9.13. The summed E-state index contributed by atoms with van der Waals surface area (Å²) < 4.78 is 0. The van der Waals surface area contributed by atoms with Gasteiger partial charge >= 0.3 is 0 Å². The minimum Gasteiger partial charge on any atom is -0.305 e. The lowest BCUT2D eigenvalue weighted by atomic mass is 9.42. The molecule has 4 aliphatic carbocycles. The van der Waals surface area contributed by atoms with E-state index in [-0.39, 0.29) is 16.4 Å². The topological polar surface area (TPSA) is 29.1 Å². The molecular weight excluding hydrogens is 306 g/mol. The van der Waals surface area contributed by atoms with Gasteiger partial charge in [-0.3, -0.25) is 4.79 Å². The maximum atomic E-state index is 13.3. The van der Waals surface area contributed by atoms with E-state index < -0.39 is 0 Å². The minimum absolute atomic E-state index is 0.00655. The molecule has 0 aliphatic heterocycles. The molecule has 1 aromatic carbocycles. The monoisotopic (exact) mass is 339 g/mol. The van der Waals surface area contributed by atoms with E-state index in [0.717, 1.165) is 31.1 Å². The molecule has 4 aliphatic rings. The minimum atomic E-state index is -0.0623. The van der Waals surface area contributed by atoms with Crippen molar-refractivity contribution in [1.29, 1.82) is 0 Å². The first-order valence-electron chi connectivity index (χ1n) is 10.1. The Morgan fingerprint density at radius 2 is 1.68 bits per heavy atom. The van der Waals surface area contributed by atoms with Crippen LogP contribution in [-0.4, -0.2) is 17.9 Å². The molecule has 1 N–H and O–H groups in total. The van der Waals surface area contributed by atoms with Gasteiger partial charge in [-0.2, -0.15) is 0 Å². The summed E-state index contributed by atoms with van der Waals surface area (Å²) in [6, 6.07) is 9.19. The smallest absolute Gasteiger partial charge is 0.152 e. The number of rotatable bonds is 4. The fourth-order valence-corrected chi connectivity index (χ4v) is 6.37. The van der Waals surface area contributed by atoms with Gasteiger partial charge in [0.1, 0.15) is 0 Å². The van der Waals surface area contributed by atoms with Crippen molar-refractivity contribution in [3.05, 3.63) is 35.4 Å². The standard InChI is InChI=1S/C23H33NO/c1-16-5-7-19(8-6-16)22-10-17-9-18(11-22)13-23(12-17,15-22)20(25)14-24-21(2,3)4/h5-8,17-18,24H,9-15H2,1-4H3/t17-,18+,22?,23?. The maximum Gasteiger partial charge on any atom is 0.152 e. The lowest BCUT2D eigenvalue weighted by molar-refractivity contribution is -0.146. The molecule has 4 atom stereocenters. The number of hydrogen-bond donors (Lipinski definition) is 1. The molecule has 1 aromatic rings. The van der Waals surface area contributed by atoms with Crippen molar-refractivity contribution >= 4 is 5.78 Å². The van der Waals surface area contributed by atoms with Crippen LogP contribution < -0.4 is 5.32 Å². The quantitative estimate of drug-likeness (QED) is 0.854. The molecular formula is C23H33NO. The first kappa shape index (κ1) is 17.3. The van der Waals surface area contributed by atoms with Crippen LogP contribution in [-0.2, 0) is 10.2 Å². The average Bonchev–Trinajstić information content (AvgIpc) is 2.51. The highest BCUT2D eigenvalue weighted by Crippen LogP contribution is 2.65. The zero-order chi connectivity index (χ0) is 17.9. The summed E-state index contributed by atoms with van der Waals surface area (Å²) in [6.07, 6.45) is 7.32. The van der Waals surface area contributed by atoms with E-state index in [0.29, 0.717) is 12.3 Å². The Morgan fingerprint density at radius 3 is 2.24 bits per heavy atom. The summed E-state index contributed by atoms with van der Waals surface area (Å²) in [5.41, 5.74) is 3.02. The zero-order valence-corrected chi connectivity index (χ0v) is 16.3.